The lowest BCUT2D eigenvalue weighted by molar-refractivity contribution is -0.115. The van der Waals surface area contributed by atoms with E-state index in [0.29, 0.717) is 11.4 Å². The lowest BCUT2D eigenvalue weighted by atomic mass is 10.2. The van der Waals surface area contributed by atoms with Crippen LogP contribution in [-0.4, -0.2) is 21.4 Å². The SMILES string of the molecule is CCC(=O)Nc1ccc(OC)cc1NS(=O)(=O)c1ccc(C)cc1. The number of aryl methyl sites for hydroxylation is 1. The molecule has 0 aromatic heterocycles. The molecule has 6 nitrogen and oxygen atoms in total. The van der Waals surface area contributed by atoms with E-state index in [0.717, 1.165) is 5.56 Å². The Balaban J connectivity index is 2.38. The molecule has 0 heterocycles. The fourth-order valence-electron chi connectivity index (χ4n) is 2.00. The highest BCUT2D eigenvalue weighted by molar-refractivity contribution is 7.92. The standard InChI is InChI=1S/C17H20N2O4S/c1-4-17(20)18-15-10-7-13(23-3)11-16(15)19-24(21,22)14-8-5-12(2)6-9-14/h5-11,19H,4H2,1-3H3,(H,18,20). The van der Waals surface area contributed by atoms with Crippen molar-refractivity contribution in [1.82, 2.24) is 0 Å². The Hall–Kier alpha value is -2.54. The Labute approximate surface area is 141 Å². The molecule has 0 spiro atoms. The molecule has 2 aromatic rings. The van der Waals surface area contributed by atoms with Crippen LogP contribution in [0.15, 0.2) is 47.4 Å². The summed E-state index contributed by atoms with van der Waals surface area (Å²) in [6.07, 6.45) is 0.288. The number of amides is 1. The van der Waals surface area contributed by atoms with E-state index in [1.54, 1.807) is 31.2 Å². The summed E-state index contributed by atoms with van der Waals surface area (Å²) in [4.78, 5) is 11.8. The minimum Gasteiger partial charge on any atom is -0.497 e. The van der Waals surface area contributed by atoms with E-state index in [9.17, 15) is 13.2 Å². The van der Waals surface area contributed by atoms with Crippen LogP contribution in [0.5, 0.6) is 5.75 Å². The van der Waals surface area contributed by atoms with Crippen molar-refractivity contribution >= 4 is 27.3 Å². The first kappa shape index (κ1) is 17.8. The number of hydrogen-bond acceptors (Lipinski definition) is 4. The summed E-state index contributed by atoms with van der Waals surface area (Å²) in [5.41, 5.74) is 1.58. The molecular weight excluding hydrogens is 328 g/mol. The summed E-state index contributed by atoms with van der Waals surface area (Å²) < 4.78 is 32.7. The number of carbonyl (C=O) groups is 1. The van der Waals surface area contributed by atoms with Crippen molar-refractivity contribution in [2.24, 2.45) is 0 Å². The van der Waals surface area contributed by atoms with Crippen molar-refractivity contribution in [2.45, 2.75) is 25.2 Å². The molecule has 128 valence electrons. The number of anilines is 2. The molecule has 0 aliphatic rings. The fourth-order valence-corrected chi connectivity index (χ4v) is 3.07. The molecule has 2 rings (SSSR count). The molecule has 2 N–H and O–H groups in total. The Morgan fingerprint density at radius 2 is 1.75 bits per heavy atom. The maximum Gasteiger partial charge on any atom is 0.261 e. The van der Waals surface area contributed by atoms with E-state index in [4.69, 9.17) is 4.74 Å². The molecule has 0 aliphatic heterocycles. The molecule has 24 heavy (non-hydrogen) atoms. The van der Waals surface area contributed by atoms with Gasteiger partial charge in [-0.3, -0.25) is 9.52 Å². The minimum atomic E-state index is -3.78. The third kappa shape index (κ3) is 4.26. The van der Waals surface area contributed by atoms with Gasteiger partial charge in [0.25, 0.3) is 10.0 Å². The maximum absolute atomic E-state index is 12.6. The highest BCUT2D eigenvalue weighted by Crippen LogP contribution is 2.29. The average Bonchev–Trinajstić information content (AvgIpc) is 2.56. The summed E-state index contributed by atoms with van der Waals surface area (Å²) in [6.45, 7) is 3.60. The molecule has 0 radical (unpaired) electrons. The van der Waals surface area contributed by atoms with Gasteiger partial charge in [-0.1, -0.05) is 24.6 Å². The quantitative estimate of drug-likeness (QED) is 0.840. The minimum absolute atomic E-state index is 0.142. The molecule has 7 heteroatoms. The largest absolute Gasteiger partial charge is 0.497 e. The fraction of sp³-hybridized carbons (Fsp3) is 0.235. The number of sulfonamides is 1. The van der Waals surface area contributed by atoms with Crippen molar-refractivity contribution < 1.29 is 17.9 Å². The van der Waals surface area contributed by atoms with E-state index >= 15 is 0 Å². The van der Waals surface area contributed by atoms with Crippen LogP contribution in [0.2, 0.25) is 0 Å². The molecule has 0 saturated heterocycles. The molecular formula is C17H20N2O4S. The second-order valence-electron chi connectivity index (χ2n) is 5.23. The second kappa shape index (κ2) is 7.35. The summed E-state index contributed by atoms with van der Waals surface area (Å²) in [5.74, 6) is 0.266. The number of rotatable bonds is 6. The Bertz CT molecular complexity index is 830. The van der Waals surface area contributed by atoms with Gasteiger partial charge in [-0.25, -0.2) is 8.42 Å². The van der Waals surface area contributed by atoms with Gasteiger partial charge in [0.2, 0.25) is 5.91 Å². The zero-order valence-electron chi connectivity index (χ0n) is 13.8. The first-order valence-corrected chi connectivity index (χ1v) is 8.91. The van der Waals surface area contributed by atoms with Crippen LogP contribution >= 0.6 is 0 Å². The van der Waals surface area contributed by atoms with E-state index < -0.39 is 10.0 Å². The van der Waals surface area contributed by atoms with E-state index in [1.807, 2.05) is 6.92 Å². The summed E-state index contributed by atoms with van der Waals surface area (Å²) in [6, 6.07) is 11.3. The third-order valence-electron chi connectivity index (χ3n) is 3.40. The Morgan fingerprint density at radius 3 is 2.33 bits per heavy atom. The monoisotopic (exact) mass is 348 g/mol. The van der Waals surface area contributed by atoms with E-state index in [-0.39, 0.29) is 22.9 Å². The van der Waals surface area contributed by atoms with Gasteiger partial charge in [0.15, 0.2) is 0 Å². The Morgan fingerprint density at radius 1 is 1.08 bits per heavy atom. The number of methoxy groups -OCH3 is 1. The first-order valence-electron chi connectivity index (χ1n) is 7.43. The summed E-state index contributed by atoms with van der Waals surface area (Å²) in [7, 11) is -2.29. The van der Waals surface area contributed by atoms with Gasteiger partial charge < -0.3 is 10.1 Å². The van der Waals surface area contributed by atoms with Gasteiger partial charge >= 0.3 is 0 Å². The van der Waals surface area contributed by atoms with Gasteiger partial charge in [-0.05, 0) is 31.2 Å². The highest BCUT2D eigenvalue weighted by Gasteiger charge is 2.17. The van der Waals surface area contributed by atoms with Crippen LogP contribution in [0.3, 0.4) is 0 Å². The Kier molecular flexibility index (Phi) is 5.46. The zero-order chi connectivity index (χ0) is 17.7. The van der Waals surface area contributed by atoms with Gasteiger partial charge in [-0.15, -0.1) is 0 Å². The van der Waals surface area contributed by atoms with Crippen LogP contribution in [0.4, 0.5) is 11.4 Å². The predicted molar refractivity (Wildman–Crippen MR) is 93.9 cm³/mol. The molecule has 2 aromatic carbocycles. The van der Waals surface area contributed by atoms with Crippen LogP contribution in [0, 0.1) is 6.92 Å². The smallest absolute Gasteiger partial charge is 0.261 e. The molecule has 1 amide bonds. The number of nitrogens with one attached hydrogen (secondary N) is 2. The van der Waals surface area contributed by atoms with Crippen molar-refractivity contribution in [2.75, 3.05) is 17.1 Å². The molecule has 0 unspecified atom stereocenters. The molecule has 0 fully saturated rings. The lowest BCUT2D eigenvalue weighted by Crippen LogP contribution is -2.16. The van der Waals surface area contributed by atoms with Crippen LogP contribution in [0.25, 0.3) is 0 Å². The van der Waals surface area contributed by atoms with Gasteiger partial charge in [0, 0.05) is 12.5 Å². The van der Waals surface area contributed by atoms with Crippen LogP contribution in [-0.2, 0) is 14.8 Å². The highest BCUT2D eigenvalue weighted by atomic mass is 32.2. The number of hydrogen-bond donors (Lipinski definition) is 2. The molecule has 0 saturated carbocycles. The van der Waals surface area contributed by atoms with Crippen LogP contribution in [0.1, 0.15) is 18.9 Å². The van der Waals surface area contributed by atoms with Crippen molar-refractivity contribution in [3.8, 4) is 5.75 Å². The predicted octanol–water partition coefficient (Wildman–Crippen LogP) is 3.15. The van der Waals surface area contributed by atoms with Gasteiger partial charge in [0.1, 0.15) is 5.75 Å². The third-order valence-corrected chi connectivity index (χ3v) is 4.78. The number of carbonyl (C=O) groups excluding carboxylic acids is 1. The van der Waals surface area contributed by atoms with Gasteiger partial charge in [-0.2, -0.15) is 0 Å². The molecule has 0 aliphatic carbocycles. The molecule has 0 atom stereocenters. The topological polar surface area (TPSA) is 84.5 Å². The normalized spacial score (nSPS) is 11.0. The maximum atomic E-state index is 12.6. The molecule has 0 bridgehead atoms. The lowest BCUT2D eigenvalue weighted by Gasteiger charge is -2.14. The van der Waals surface area contributed by atoms with Crippen molar-refractivity contribution in [3.05, 3.63) is 48.0 Å². The van der Waals surface area contributed by atoms with E-state index in [1.165, 1.54) is 25.3 Å². The summed E-state index contributed by atoms with van der Waals surface area (Å²) in [5, 5.41) is 2.67. The van der Waals surface area contributed by atoms with E-state index in [2.05, 4.69) is 10.0 Å². The van der Waals surface area contributed by atoms with Gasteiger partial charge in [0.05, 0.1) is 23.4 Å². The first-order chi connectivity index (χ1) is 11.4. The van der Waals surface area contributed by atoms with Crippen LogP contribution < -0.4 is 14.8 Å². The number of ether oxygens (including phenoxy) is 1. The average molecular weight is 348 g/mol. The zero-order valence-corrected chi connectivity index (χ0v) is 14.6. The number of benzene rings is 2. The van der Waals surface area contributed by atoms with Crippen molar-refractivity contribution in [3.63, 3.8) is 0 Å². The summed E-state index contributed by atoms with van der Waals surface area (Å²) >= 11 is 0. The van der Waals surface area contributed by atoms with Crippen molar-refractivity contribution in [1.29, 1.82) is 0 Å². The second-order valence-corrected chi connectivity index (χ2v) is 6.91.